The van der Waals surface area contributed by atoms with Crippen molar-refractivity contribution in [3.63, 3.8) is 0 Å². The molecule has 0 aliphatic heterocycles. The van der Waals surface area contributed by atoms with E-state index in [1.807, 2.05) is 12.1 Å². The first-order chi connectivity index (χ1) is 12.5. The summed E-state index contributed by atoms with van der Waals surface area (Å²) in [5.74, 6) is -0.343. The molecule has 0 aliphatic rings. The summed E-state index contributed by atoms with van der Waals surface area (Å²) >= 11 is 0. The Morgan fingerprint density at radius 2 is 1.81 bits per heavy atom. The molecule has 1 aromatic heterocycles. The van der Waals surface area contributed by atoms with E-state index < -0.39 is 0 Å². The van der Waals surface area contributed by atoms with Gasteiger partial charge in [-0.05, 0) is 29.8 Å². The summed E-state index contributed by atoms with van der Waals surface area (Å²) in [6.07, 6.45) is 1.21. The second-order valence-corrected chi connectivity index (χ2v) is 5.84. The van der Waals surface area contributed by atoms with Crippen LogP contribution in [0.25, 0.3) is 10.9 Å². The largest absolute Gasteiger partial charge is 0.352 e. The van der Waals surface area contributed by atoms with E-state index >= 15 is 0 Å². The van der Waals surface area contributed by atoms with Gasteiger partial charge in [0.15, 0.2) is 0 Å². The van der Waals surface area contributed by atoms with Crippen molar-refractivity contribution in [2.24, 2.45) is 0 Å². The van der Waals surface area contributed by atoms with Gasteiger partial charge in [0.05, 0.1) is 11.7 Å². The summed E-state index contributed by atoms with van der Waals surface area (Å²) in [6, 6.07) is 14.2. The molecule has 2 aromatic carbocycles. The molecule has 2 N–H and O–H groups in total. The zero-order valence-corrected chi connectivity index (χ0v) is 14.2. The van der Waals surface area contributed by atoms with Crippen molar-refractivity contribution in [3.05, 3.63) is 70.5 Å². The number of anilines is 1. The molecule has 1 heterocycles. The number of carbonyl (C=O) groups is 2. The molecule has 0 unspecified atom stereocenters. The number of hydrogen-bond donors (Lipinski definition) is 2. The second-order valence-electron chi connectivity index (χ2n) is 5.84. The Labute approximate surface area is 149 Å². The molecule has 0 bridgehead atoms. The van der Waals surface area contributed by atoms with E-state index in [2.05, 4.69) is 15.7 Å². The molecule has 132 valence electrons. The number of hydrogen-bond acceptors (Lipinski definition) is 4. The molecule has 0 spiro atoms. The predicted molar refractivity (Wildman–Crippen MR) is 98.6 cm³/mol. The van der Waals surface area contributed by atoms with E-state index in [1.165, 1.54) is 17.8 Å². The fourth-order valence-electron chi connectivity index (χ4n) is 2.56. The average molecular weight is 350 g/mol. The molecule has 0 fully saturated rings. The quantitative estimate of drug-likeness (QED) is 0.732. The Balaban J connectivity index is 1.69. The van der Waals surface area contributed by atoms with Crippen LogP contribution < -0.4 is 16.1 Å². The van der Waals surface area contributed by atoms with Gasteiger partial charge in [0.1, 0.15) is 6.54 Å². The fourth-order valence-corrected chi connectivity index (χ4v) is 2.56. The van der Waals surface area contributed by atoms with Crippen molar-refractivity contribution in [3.8, 4) is 0 Å². The molecule has 7 heteroatoms. The highest BCUT2D eigenvalue weighted by atomic mass is 16.2. The highest BCUT2D eigenvalue weighted by Gasteiger charge is 2.08. The predicted octanol–water partition coefficient (Wildman–Crippen LogP) is 1.67. The minimum Gasteiger partial charge on any atom is -0.352 e. The van der Waals surface area contributed by atoms with Gasteiger partial charge in [-0.2, -0.15) is 5.10 Å². The number of rotatable bonds is 5. The number of benzene rings is 2. The lowest BCUT2D eigenvalue weighted by Crippen LogP contribution is -2.22. The number of nitrogens with one attached hydrogen (secondary N) is 2. The molecule has 26 heavy (non-hydrogen) atoms. The molecule has 0 saturated heterocycles. The molecule has 0 radical (unpaired) electrons. The van der Waals surface area contributed by atoms with Crippen LogP contribution in [0.4, 0.5) is 5.69 Å². The molecule has 0 atom stereocenters. The van der Waals surface area contributed by atoms with Gasteiger partial charge in [0.25, 0.3) is 0 Å². The third-order valence-electron chi connectivity index (χ3n) is 3.83. The lowest BCUT2D eigenvalue weighted by atomic mass is 10.2. The van der Waals surface area contributed by atoms with E-state index in [9.17, 15) is 14.4 Å². The SMILES string of the molecule is CC(=O)NCc1ccc(NC(=O)Cn2ncc(=O)c3ccccc32)cc1. The average Bonchev–Trinajstić information content (AvgIpc) is 2.64. The van der Waals surface area contributed by atoms with Gasteiger partial charge in [-0.3, -0.25) is 19.1 Å². The first-order valence-corrected chi connectivity index (χ1v) is 8.11. The summed E-state index contributed by atoms with van der Waals surface area (Å²) < 4.78 is 1.50. The van der Waals surface area contributed by atoms with E-state index in [-0.39, 0.29) is 23.8 Å². The highest BCUT2D eigenvalue weighted by Crippen LogP contribution is 2.11. The van der Waals surface area contributed by atoms with Crippen molar-refractivity contribution < 1.29 is 9.59 Å². The minimum atomic E-state index is -0.249. The zero-order chi connectivity index (χ0) is 18.5. The molecule has 0 aliphatic carbocycles. The first kappa shape index (κ1) is 17.3. The lowest BCUT2D eigenvalue weighted by Gasteiger charge is -2.10. The number of nitrogens with zero attached hydrogens (tertiary/aromatic N) is 2. The standard InChI is InChI=1S/C19H18N4O3/c1-13(24)20-10-14-6-8-15(9-7-14)22-19(26)12-23-17-5-3-2-4-16(17)18(25)11-21-23/h2-9,11H,10,12H2,1H3,(H,20,24)(H,22,26). The monoisotopic (exact) mass is 350 g/mol. The molecule has 0 saturated carbocycles. The number of aromatic nitrogens is 2. The van der Waals surface area contributed by atoms with Crippen molar-refractivity contribution in [1.29, 1.82) is 0 Å². The van der Waals surface area contributed by atoms with Crippen LogP contribution in [0.15, 0.2) is 59.5 Å². The van der Waals surface area contributed by atoms with Crippen LogP contribution in [0.3, 0.4) is 0 Å². The maximum absolute atomic E-state index is 12.3. The zero-order valence-electron chi connectivity index (χ0n) is 14.2. The van der Waals surface area contributed by atoms with E-state index in [1.54, 1.807) is 36.4 Å². The van der Waals surface area contributed by atoms with E-state index in [0.717, 1.165) is 5.56 Å². The molecule has 3 aromatic rings. The van der Waals surface area contributed by atoms with Gasteiger partial charge in [-0.15, -0.1) is 0 Å². The maximum Gasteiger partial charge on any atom is 0.246 e. The van der Waals surface area contributed by atoms with Crippen LogP contribution in [0.1, 0.15) is 12.5 Å². The smallest absolute Gasteiger partial charge is 0.246 e. The van der Waals surface area contributed by atoms with Crippen molar-refractivity contribution in [2.45, 2.75) is 20.0 Å². The summed E-state index contributed by atoms with van der Waals surface area (Å²) in [7, 11) is 0. The molecular formula is C19H18N4O3. The topological polar surface area (TPSA) is 93.1 Å². The number of para-hydroxylation sites is 1. The van der Waals surface area contributed by atoms with Crippen molar-refractivity contribution >= 4 is 28.4 Å². The van der Waals surface area contributed by atoms with Gasteiger partial charge in [-0.25, -0.2) is 0 Å². The van der Waals surface area contributed by atoms with Gasteiger partial charge >= 0.3 is 0 Å². The van der Waals surface area contributed by atoms with Crippen LogP contribution in [-0.4, -0.2) is 21.6 Å². The van der Waals surface area contributed by atoms with Crippen LogP contribution in [-0.2, 0) is 22.7 Å². The summed E-state index contributed by atoms with van der Waals surface area (Å²) in [5, 5.41) is 10.1. The van der Waals surface area contributed by atoms with Crippen LogP contribution in [0, 0.1) is 0 Å². The highest BCUT2D eigenvalue weighted by molar-refractivity contribution is 5.91. The minimum absolute atomic E-state index is 0.00552. The molecule has 2 amide bonds. The Morgan fingerprint density at radius 3 is 2.54 bits per heavy atom. The van der Waals surface area contributed by atoms with Crippen LogP contribution in [0.5, 0.6) is 0 Å². The number of carbonyl (C=O) groups excluding carboxylic acids is 2. The maximum atomic E-state index is 12.3. The van der Waals surface area contributed by atoms with Gasteiger partial charge < -0.3 is 10.6 Å². The van der Waals surface area contributed by atoms with E-state index in [0.29, 0.717) is 23.1 Å². The normalized spacial score (nSPS) is 10.5. The summed E-state index contributed by atoms with van der Waals surface area (Å²) in [4.78, 5) is 35.1. The molecular weight excluding hydrogens is 332 g/mol. The third kappa shape index (κ3) is 4.13. The molecule has 3 rings (SSSR count). The third-order valence-corrected chi connectivity index (χ3v) is 3.83. The van der Waals surface area contributed by atoms with Crippen LogP contribution in [0.2, 0.25) is 0 Å². The first-order valence-electron chi connectivity index (χ1n) is 8.11. The van der Waals surface area contributed by atoms with Gasteiger partial charge in [0, 0.05) is 24.5 Å². The Bertz CT molecular complexity index is 1010. The Hall–Kier alpha value is -3.48. The number of fused-ring (bicyclic) bond motifs is 1. The van der Waals surface area contributed by atoms with Crippen molar-refractivity contribution in [1.82, 2.24) is 15.1 Å². The number of amides is 2. The summed E-state index contributed by atoms with van der Waals surface area (Å²) in [5.41, 5.74) is 2.02. The van der Waals surface area contributed by atoms with Gasteiger partial charge in [-0.1, -0.05) is 24.3 Å². The van der Waals surface area contributed by atoms with Crippen LogP contribution >= 0.6 is 0 Å². The lowest BCUT2D eigenvalue weighted by molar-refractivity contribution is -0.119. The second kappa shape index (κ2) is 7.60. The van der Waals surface area contributed by atoms with Crippen molar-refractivity contribution in [2.75, 3.05) is 5.32 Å². The fraction of sp³-hybridized carbons (Fsp3) is 0.158. The summed E-state index contributed by atoms with van der Waals surface area (Å²) in [6.45, 7) is 1.90. The molecule has 7 nitrogen and oxygen atoms in total. The Morgan fingerprint density at radius 1 is 1.08 bits per heavy atom. The van der Waals surface area contributed by atoms with Gasteiger partial charge in [0.2, 0.25) is 17.2 Å². The Kier molecular flexibility index (Phi) is 5.07. The van der Waals surface area contributed by atoms with E-state index in [4.69, 9.17) is 0 Å².